The van der Waals surface area contributed by atoms with Crippen LogP contribution in [0.5, 0.6) is 0 Å². The minimum Gasteiger partial charge on any atom is -0.383 e. The zero-order valence-electron chi connectivity index (χ0n) is 18.3. The fourth-order valence-electron chi connectivity index (χ4n) is 3.63. The molecule has 1 aromatic heterocycles. The van der Waals surface area contributed by atoms with E-state index in [1.807, 2.05) is 61.2 Å². The van der Waals surface area contributed by atoms with Crippen LogP contribution in [0.15, 0.2) is 48.7 Å². The average Bonchev–Trinajstić information content (AvgIpc) is 3.14. The number of hydrogen-bond acceptors (Lipinski definition) is 5. The van der Waals surface area contributed by atoms with Crippen LogP contribution in [0.4, 0.5) is 11.5 Å². The molecule has 0 unspecified atom stereocenters. The minimum atomic E-state index is -0.254. The number of pyridine rings is 1. The molecule has 0 fully saturated rings. The monoisotopic (exact) mass is 445 g/mol. The van der Waals surface area contributed by atoms with Crippen molar-refractivity contribution in [3.8, 4) is 0 Å². The van der Waals surface area contributed by atoms with Crippen molar-refractivity contribution < 1.29 is 9.59 Å². The van der Waals surface area contributed by atoms with Gasteiger partial charge in [0.15, 0.2) is 0 Å². The number of aromatic nitrogens is 1. The van der Waals surface area contributed by atoms with Gasteiger partial charge in [0.05, 0.1) is 12.1 Å². The molecule has 0 spiro atoms. The third-order valence-electron chi connectivity index (χ3n) is 5.47. The van der Waals surface area contributed by atoms with Crippen LogP contribution in [-0.2, 0) is 16.0 Å². The van der Waals surface area contributed by atoms with Crippen LogP contribution in [0.1, 0.15) is 25.8 Å². The van der Waals surface area contributed by atoms with Gasteiger partial charge in [-0.25, -0.2) is 4.98 Å². The fraction of sp³-hybridized carbons (Fsp3) is 0.435. The third-order valence-corrected chi connectivity index (χ3v) is 5.47. The number of halogens is 1. The molecule has 0 saturated carbocycles. The Morgan fingerprint density at radius 2 is 1.90 bits per heavy atom. The standard InChI is InChI=1S/C23H31N5O2.ClH/c1-16(14-27-23(30)17(2)24-3)12-21(29)28-20(13-18-8-7-11-25-22(18)28)15-26-19-9-5-4-6-10-19;/h4-11,16-17,20,24,26H,12-15H2,1-3H3,(H,27,30);1H/t16-,17-,20-;/m0./s1. The van der Waals surface area contributed by atoms with Gasteiger partial charge in [0.25, 0.3) is 0 Å². The van der Waals surface area contributed by atoms with Crippen LogP contribution >= 0.6 is 12.4 Å². The molecule has 168 valence electrons. The lowest BCUT2D eigenvalue weighted by atomic mass is 10.1. The number of carbonyl (C=O) groups is 2. The van der Waals surface area contributed by atoms with E-state index in [1.165, 1.54) is 0 Å². The first-order valence-corrected chi connectivity index (χ1v) is 10.5. The first-order valence-electron chi connectivity index (χ1n) is 10.5. The Bertz CT molecular complexity index is 864. The molecule has 31 heavy (non-hydrogen) atoms. The van der Waals surface area contributed by atoms with Crippen molar-refractivity contribution in [1.29, 1.82) is 0 Å². The van der Waals surface area contributed by atoms with Crippen LogP contribution in [0.2, 0.25) is 0 Å². The highest BCUT2D eigenvalue weighted by atomic mass is 35.5. The summed E-state index contributed by atoms with van der Waals surface area (Å²) in [5.41, 5.74) is 2.12. The molecule has 1 aliphatic rings. The maximum atomic E-state index is 13.2. The Balaban J connectivity index is 0.00000341. The van der Waals surface area contributed by atoms with Gasteiger partial charge >= 0.3 is 0 Å². The molecule has 2 heterocycles. The Labute approximate surface area is 190 Å². The van der Waals surface area contributed by atoms with Crippen molar-refractivity contribution in [2.45, 2.75) is 38.8 Å². The molecule has 1 aromatic carbocycles. The lowest BCUT2D eigenvalue weighted by Gasteiger charge is -2.27. The van der Waals surface area contributed by atoms with Gasteiger partial charge < -0.3 is 16.0 Å². The highest BCUT2D eigenvalue weighted by Gasteiger charge is 2.35. The summed E-state index contributed by atoms with van der Waals surface area (Å²) in [7, 11) is 1.75. The summed E-state index contributed by atoms with van der Waals surface area (Å²) in [6, 6.07) is 13.7. The molecule has 1 aliphatic heterocycles. The Morgan fingerprint density at radius 1 is 1.16 bits per heavy atom. The van der Waals surface area contributed by atoms with E-state index in [0.717, 1.165) is 23.5 Å². The predicted octanol–water partition coefficient (Wildman–Crippen LogP) is 2.62. The van der Waals surface area contributed by atoms with Crippen molar-refractivity contribution >= 4 is 35.7 Å². The summed E-state index contributed by atoms with van der Waals surface area (Å²) in [5.74, 6) is 0.758. The zero-order chi connectivity index (χ0) is 21.5. The Kier molecular flexibility index (Phi) is 9.27. The Morgan fingerprint density at radius 3 is 2.61 bits per heavy atom. The molecule has 0 saturated heterocycles. The van der Waals surface area contributed by atoms with Crippen LogP contribution in [0.3, 0.4) is 0 Å². The first kappa shape index (κ1) is 24.6. The molecular weight excluding hydrogens is 414 g/mol. The molecule has 0 bridgehead atoms. The summed E-state index contributed by atoms with van der Waals surface area (Å²) >= 11 is 0. The minimum absolute atomic E-state index is 0. The second-order valence-corrected chi connectivity index (χ2v) is 7.92. The number of fused-ring (bicyclic) bond motifs is 1. The van der Waals surface area contributed by atoms with E-state index in [4.69, 9.17) is 0 Å². The number of carbonyl (C=O) groups excluding carboxylic acids is 2. The van der Waals surface area contributed by atoms with Crippen LogP contribution in [0, 0.1) is 5.92 Å². The smallest absolute Gasteiger partial charge is 0.236 e. The van der Waals surface area contributed by atoms with Gasteiger partial charge in [-0.05, 0) is 50.1 Å². The molecule has 2 amide bonds. The molecule has 3 atom stereocenters. The fourth-order valence-corrected chi connectivity index (χ4v) is 3.63. The highest BCUT2D eigenvalue weighted by molar-refractivity contribution is 5.95. The lowest BCUT2D eigenvalue weighted by Crippen LogP contribution is -2.44. The van der Waals surface area contributed by atoms with Gasteiger partial charge in [-0.1, -0.05) is 31.2 Å². The van der Waals surface area contributed by atoms with Gasteiger partial charge in [-0.15, -0.1) is 12.4 Å². The average molecular weight is 446 g/mol. The van der Waals surface area contributed by atoms with E-state index < -0.39 is 0 Å². The maximum absolute atomic E-state index is 13.2. The van der Waals surface area contributed by atoms with E-state index >= 15 is 0 Å². The molecule has 3 rings (SSSR count). The van der Waals surface area contributed by atoms with Crippen molar-refractivity contribution in [2.24, 2.45) is 5.92 Å². The molecule has 0 radical (unpaired) electrons. The molecule has 0 aliphatic carbocycles. The second kappa shape index (κ2) is 11.7. The van der Waals surface area contributed by atoms with Crippen molar-refractivity contribution in [3.05, 3.63) is 54.2 Å². The third kappa shape index (κ3) is 6.42. The number of benzene rings is 1. The number of rotatable bonds is 9. The Hall–Kier alpha value is -2.64. The number of amides is 2. The van der Waals surface area contributed by atoms with E-state index in [1.54, 1.807) is 13.2 Å². The largest absolute Gasteiger partial charge is 0.383 e. The summed E-state index contributed by atoms with van der Waals surface area (Å²) < 4.78 is 0. The number of anilines is 2. The molecule has 3 N–H and O–H groups in total. The number of nitrogens with one attached hydrogen (secondary N) is 3. The molecule has 2 aromatic rings. The van der Waals surface area contributed by atoms with E-state index in [9.17, 15) is 9.59 Å². The summed E-state index contributed by atoms with van der Waals surface area (Å²) in [4.78, 5) is 31.5. The lowest BCUT2D eigenvalue weighted by molar-refractivity contribution is -0.123. The van der Waals surface area contributed by atoms with Crippen LogP contribution in [0.25, 0.3) is 0 Å². The molecule has 7 nitrogen and oxygen atoms in total. The van der Waals surface area contributed by atoms with Crippen molar-refractivity contribution in [3.63, 3.8) is 0 Å². The number of nitrogens with zero attached hydrogens (tertiary/aromatic N) is 2. The maximum Gasteiger partial charge on any atom is 0.236 e. The van der Waals surface area contributed by atoms with Crippen LogP contribution in [-0.4, -0.2) is 49.0 Å². The van der Waals surface area contributed by atoms with Crippen molar-refractivity contribution in [2.75, 3.05) is 30.4 Å². The summed E-state index contributed by atoms with van der Waals surface area (Å²) in [6.07, 6.45) is 2.86. The van der Waals surface area contributed by atoms with Gasteiger partial charge in [-0.2, -0.15) is 0 Å². The van der Waals surface area contributed by atoms with Gasteiger partial charge in [-0.3, -0.25) is 14.5 Å². The van der Waals surface area contributed by atoms with Crippen LogP contribution < -0.4 is 20.9 Å². The van der Waals surface area contributed by atoms with E-state index in [2.05, 4.69) is 20.9 Å². The summed E-state index contributed by atoms with van der Waals surface area (Å²) in [6.45, 7) is 4.90. The second-order valence-electron chi connectivity index (χ2n) is 7.92. The predicted molar refractivity (Wildman–Crippen MR) is 127 cm³/mol. The van der Waals surface area contributed by atoms with E-state index in [-0.39, 0.29) is 42.2 Å². The number of para-hydroxylation sites is 1. The normalized spacial score (nSPS) is 16.6. The first-order chi connectivity index (χ1) is 14.5. The van der Waals surface area contributed by atoms with Gasteiger partial charge in [0.1, 0.15) is 5.82 Å². The van der Waals surface area contributed by atoms with Crippen molar-refractivity contribution in [1.82, 2.24) is 15.6 Å². The summed E-state index contributed by atoms with van der Waals surface area (Å²) in [5, 5.41) is 9.25. The van der Waals surface area contributed by atoms with Gasteiger partial charge in [0, 0.05) is 31.4 Å². The SMILES string of the molecule is CN[C@@H](C)C(=O)NC[C@@H](C)CC(=O)N1c2ncccc2C[C@H]1CNc1ccccc1.Cl. The quantitative estimate of drug-likeness (QED) is 0.552. The number of hydrogen-bond donors (Lipinski definition) is 3. The molecule has 8 heteroatoms. The number of likely N-dealkylation sites (N-methyl/N-ethyl adjacent to an activating group) is 1. The molecular formula is C23H32ClN5O2. The van der Waals surface area contributed by atoms with Gasteiger partial charge in [0.2, 0.25) is 11.8 Å². The topological polar surface area (TPSA) is 86.4 Å². The highest BCUT2D eigenvalue weighted by Crippen LogP contribution is 2.31. The van der Waals surface area contributed by atoms with E-state index in [0.29, 0.717) is 19.5 Å². The zero-order valence-corrected chi connectivity index (χ0v) is 19.1.